The third-order valence-corrected chi connectivity index (χ3v) is 2.95. The molecular weight excluding hydrogens is 236 g/mol. The van der Waals surface area contributed by atoms with Gasteiger partial charge in [0, 0.05) is 5.56 Å². The molecule has 0 aliphatic heterocycles. The zero-order valence-corrected chi connectivity index (χ0v) is 11.2. The van der Waals surface area contributed by atoms with E-state index in [9.17, 15) is 0 Å². The summed E-state index contributed by atoms with van der Waals surface area (Å²) in [5.41, 5.74) is 10.5. The summed E-state index contributed by atoms with van der Waals surface area (Å²) < 4.78 is 0. The van der Waals surface area contributed by atoms with Crippen molar-refractivity contribution in [3.05, 3.63) is 47.8 Å². The number of nitrogens with zero attached hydrogens (tertiary/aromatic N) is 2. The zero-order valence-electron chi connectivity index (χ0n) is 11.2. The van der Waals surface area contributed by atoms with Crippen LogP contribution < -0.4 is 5.73 Å². The number of aromatic amines is 1. The van der Waals surface area contributed by atoms with E-state index in [2.05, 4.69) is 28.0 Å². The first kappa shape index (κ1) is 13.1. The average molecular weight is 254 g/mol. The van der Waals surface area contributed by atoms with Crippen molar-refractivity contribution in [3.8, 4) is 0 Å². The third kappa shape index (κ3) is 2.73. The molecule has 0 amide bonds. The molecule has 1 aromatic heterocycles. The van der Waals surface area contributed by atoms with Gasteiger partial charge in [-0.1, -0.05) is 25.1 Å². The van der Waals surface area contributed by atoms with Crippen molar-refractivity contribution in [1.29, 1.82) is 0 Å². The summed E-state index contributed by atoms with van der Waals surface area (Å²) in [5, 5.41) is 0. The molecule has 0 aliphatic rings. The lowest BCUT2D eigenvalue weighted by Crippen LogP contribution is -1.93. The lowest BCUT2D eigenvalue weighted by molar-refractivity contribution is 1.14. The number of H-pyrrole nitrogens is 1. The molecule has 19 heavy (non-hydrogen) atoms. The molecule has 0 fully saturated rings. The van der Waals surface area contributed by atoms with Crippen molar-refractivity contribution in [1.82, 2.24) is 9.97 Å². The van der Waals surface area contributed by atoms with Crippen LogP contribution in [0.1, 0.15) is 25.8 Å². The monoisotopic (exact) mass is 254 g/mol. The molecule has 2 rings (SSSR count). The van der Waals surface area contributed by atoms with Crippen LogP contribution in [0.15, 0.2) is 47.2 Å². The maximum atomic E-state index is 5.48. The fourth-order valence-electron chi connectivity index (χ4n) is 2.06. The quantitative estimate of drug-likeness (QED) is 0.499. The fourth-order valence-corrected chi connectivity index (χ4v) is 2.06. The van der Waals surface area contributed by atoms with E-state index in [4.69, 9.17) is 5.73 Å². The van der Waals surface area contributed by atoms with E-state index < -0.39 is 0 Å². The van der Waals surface area contributed by atoms with Crippen LogP contribution in [-0.2, 0) is 0 Å². The Morgan fingerprint density at radius 1 is 1.47 bits per heavy atom. The molecule has 3 N–H and O–H groups in total. The molecule has 0 bridgehead atoms. The van der Waals surface area contributed by atoms with Crippen molar-refractivity contribution < 1.29 is 0 Å². The highest BCUT2D eigenvalue weighted by Crippen LogP contribution is 2.25. The minimum absolute atomic E-state index is 0.896. The van der Waals surface area contributed by atoms with Crippen LogP contribution in [-0.4, -0.2) is 16.3 Å². The van der Waals surface area contributed by atoms with Crippen molar-refractivity contribution in [2.45, 2.75) is 20.3 Å². The number of aromatic nitrogens is 2. The number of aliphatic imine (C=N–C) groups is 1. The summed E-state index contributed by atoms with van der Waals surface area (Å²) >= 11 is 0. The lowest BCUT2D eigenvalue weighted by Gasteiger charge is -2.07. The Kier molecular flexibility index (Phi) is 4.13. The average Bonchev–Trinajstić information content (AvgIpc) is 2.90. The molecule has 0 saturated carbocycles. The Morgan fingerprint density at radius 2 is 2.32 bits per heavy atom. The van der Waals surface area contributed by atoms with Gasteiger partial charge in [0.25, 0.3) is 0 Å². The zero-order chi connectivity index (χ0) is 13.7. The predicted molar refractivity (Wildman–Crippen MR) is 80.8 cm³/mol. The van der Waals surface area contributed by atoms with Gasteiger partial charge in [0.1, 0.15) is 0 Å². The molecule has 0 spiro atoms. The second kappa shape index (κ2) is 6.00. The first-order valence-electron chi connectivity index (χ1n) is 6.33. The van der Waals surface area contributed by atoms with Crippen LogP contribution in [0.5, 0.6) is 0 Å². The number of benzene rings is 1. The van der Waals surface area contributed by atoms with Crippen LogP contribution in [0.2, 0.25) is 0 Å². The van der Waals surface area contributed by atoms with Crippen molar-refractivity contribution in [3.63, 3.8) is 0 Å². The molecule has 0 aliphatic carbocycles. The van der Waals surface area contributed by atoms with E-state index in [0.717, 1.165) is 34.3 Å². The van der Waals surface area contributed by atoms with Gasteiger partial charge in [-0.15, -0.1) is 0 Å². The van der Waals surface area contributed by atoms with Gasteiger partial charge in [0.2, 0.25) is 0 Å². The van der Waals surface area contributed by atoms with Crippen LogP contribution in [0.4, 0.5) is 0 Å². The highest BCUT2D eigenvalue weighted by atomic mass is 14.9. The number of allylic oxidation sites excluding steroid dienone is 3. The molecule has 1 aromatic carbocycles. The van der Waals surface area contributed by atoms with E-state index in [1.54, 1.807) is 6.33 Å². The Hall–Kier alpha value is -2.36. The largest absolute Gasteiger partial charge is 0.390 e. The smallest absolute Gasteiger partial charge is 0.0931 e. The van der Waals surface area contributed by atoms with Gasteiger partial charge in [0.05, 0.1) is 29.4 Å². The van der Waals surface area contributed by atoms with Crippen molar-refractivity contribution in [2.75, 3.05) is 0 Å². The van der Waals surface area contributed by atoms with Gasteiger partial charge in [-0.2, -0.15) is 0 Å². The minimum Gasteiger partial charge on any atom is -0.390 e. The highest BCUT2D eigenvalue weighted by molar-refractivity contribution is 5.83. The highest BCUT2D eigenvalue weighted by Gasteiger charge is 2.07. The lowest BCUT2D eigenvalue weighted by atomic mass is 10.0. The molecule has 0 radical (unpaired) electrons. The Morgan fingerprint density at radius 3 is 3.00 bits per heavy atom. The number of rotatable bonds is 4. The summed E-state index contributed by atoms with van der Waals surface area (Å²) in [6.45, 7) is 4.10. The Balaban J connectivity index is 2.60. The first-order chi connectivity index (χ1) is 9.30. The summed E-state index contributed by atoms with van der Waals surface area (Å²) in [7, 11) is 0. The Bertz CT molecular complexity index is 647. The molecule has 2 aromatic rings. The number of fused-ring (bicyclic) bond motifs is 1. The van der Waals surface area contributed by atoms with E-state index in [1.165, 1.54) is 6.34 Å². The SMILES string of the molecule is C\C=C/C(CC)=C(\N=C/N)c1ccc2[nH]cnc2c1. The maximum absolute atomic E-state index is 5.48. The van der Waals surface area contributed by atoms with E-state index in [0.29, 0.717) is 0 Å². The normalized spacial score (nSPS) is 13.6. The van der Waals surface area contributed by atoms with Gasteiger partial charge in [-0.25, -0.2) is 9.98 Å². The number of nitrogens with one attached hydrogen (secondary N) is 1. The molecule has 4 nitrogen and oxygen atoms in total. The summed E-state index contributed by atoms with van der Waals surface area (Å²) in [6, 6.07) is 6.06. The van der Waals surface area contributed by atoms with E-state index in [-0.39, 0.29) is 0 Å². The third-order valence-electron chi connectivity index (χ3n) is 2.95. The first-order valence-corrected chi connectivity index (χ1v) is 6.33. The Labute approximate surface area is 112 Å². The second-order valence-corrected chi connectivity index (χ2v) is 4.14. The van der Waals surface area contributed by atoms with Crippen molar-refractivity contribution >= 4 is 23.1 Å². The number of imidazole rings is 1. The molecule has 4 heteroatoms. The molecule has 0 unspecified atom stereocenters. The molecular formula is C15H18N4. The topological polar surface area (TPSA) is 67.1 Å². The van der Waals surface area contributed by atoms with Gasteiger partial charge in [0.15, 0.2) is 0 Å². The molecule has 98 valence electrons. The molecule has 0 saturated heterocycles. The maximum Gasteiger partial charge on any atom is 0.0931 e. The standard InChI is InChI=1S/C15H18N4/c1-3-5-11(4-2)15(17-9-16)12-6-7-13-14(8-12)19-10-18-13/h3,5-10H,4H2,1-2H3,(H2,16,17)(H,18,19)/b5-3-,15-11-. The van der Waals surface area contributed by atoms with E-state index in [1.807, 2.05) is 31.2 Å². The predicted octanol–water partition coefficient (Wildman–Crippen LogP) is 3.25. The molecule has 1 heterocycles. The minimum atomic E-state index is 0.896. The van der Waals surface area contributed by atoms with Crippen LogP contribution in [0.3, 0.4) is 0 Å². The van der Waals surface area contributed by atoms with Gasteiger partial charge in [-0.3, -0.25) is 0 Å². The van der Waals surface area contributed by atoms with E-state index >= 15 is 0 Å². The second-order valence-electron chi connectivity index (χ2n) is 4.14. The summed E-state index contributed by atoms with van der Waals surface area (Å²) in [4.78, 5) is 11.7. The van der Waals surface area contributed by atoms with Gasteiger partial charge >= 0.3 is 0 Å². The number of nitrogens with two attached hydrogens (primary N) is 1. The number of hydrogen-bond donors (Lipinski definition) is 2. The summed E-state index contributed by atoms with van der Waals surface area (Å²) in [6.07, 6.45) is 8.00. The summed E-state index contributed by atoms with van der Waals surface area (Å²) in [5.74, 6) is 0. The van der Waals surface area contributed by atoms with Gasteiger partial charge in [-0.05, 0) is 31.1 Å². The fraction of sp³-hybridized carbons (Fsp3) is 0.200. The number of hydrogen-bond acceptors (Lipinski definition) is 2. The van der Waals surface area contributed by atoms with Crippen LogP contribution in [0, 0.1) is 0 Å². The molecule has 0 atom stereocenters. The van der Waals surface area contributed by atoms with Crippen LogP contribution >= 0.6 is 0 Å². The van der Waals surface area contributed by atoms with Crippen molar-refractivity contribution in [2.24, 2.45) is 10.7 Å². The van der Waals surface area contributed by atoms with Crippen LogP contribution in [0.25, 0.3) is 16.7 Å². The van der Waals surface area contributed by atoms with Gasteiger partial charge < -0.3 is 10.7 Å².